The van der Waals surface area contributed by atoms with Crippen molar-refractivity contribution in [3.05, 3.63) is 12.0 Å². The van der Waals surface area contributed by atoms with Gasteiger partial charge in [0.2, 0.25) is 6.86 Å². The van der Waals surface area contributed by atoms with Crippen LogP contribution in [0.2, 0.25) is 0 Å². The Morgan fingerprint density at radius 2 is 1.83 bits per heavy atom. The minimum Gasteiger partial charge on any atom is -0.430 e. The molecule has 0 aromatic carbocycles. The Balaban J connectivity index is 4.06. The molecular formula is C5H5F5O2. The van der Waals surface area contributed by atoms with Crippen LogP contribution in [0.5, 0.6) is 0 Å². The number of halogens is 5. The third-order valence-corrected chi connectivity index (χ3v) is 0.696. The zero-order valence-corrected chi connectivity index (χ0v) is 5.70. The molecule has 0 fully saturated rings. The fraction of sp³-hybridized carbons (Fsp3) is 0.600. The normalized spacial score (nSPS) is 12.1. The molecule has 0 aromatic heterocycles. The highest BCUT2D eigenvalue weighted by molar-refractivity contribution is 4.82. The predicted octanol–water partition coefficient (Wildman–Crippen LogP) is 2.28. The van der Waals surface area contributed by atoms with Crippen LogP contribution in [0.4, 0.5) is 22.0 Å². The first-order chi connectivity index (χ1) is 5.61. The molecule has 1 unspecified atom stereocenters. The Kier molecular flexibility index (Phi) is 5.14. The molecule has 0 radical (unpaired) electrons. The summed E-state index contributed by atoms with van der Waals surface area (Å²) in [5.41, 5.74) is 0. The fourth-order valence-corrected chi connectivity index (χ4v) is 0.330. The molecule has 0 saturated carbocycles. The van der Waals surface area contributed by atoms with Gasteiger partial charge < -0.3 is 9.47 Å². The third-order valence-electron chi connectivity index (χ3n) is 0.696. The van der Waals surface area contributed by atoms with Gasteiger partial charge in [-0.05, 0) is 0 Å². The molecule has 0 aromatic rings. The zero-order valence-electron chi connectivity index (χ0n) is 5.70. The van der Waals surface area contributed by atoms with Gasteiger partial charge in [0.25, 0.3) is 6.36 Å². The lowest BCUT2D eigenvalue weighted by atomic mass is 10.7. The standard InChI is InChI=1S/C5H5F5O2/c6-1-3(8)12-5(4(9)10)11-2-7/h3H,1-2H2. The molecular weight excluding hydrogens is 187 g/mol. The molecule has 0 aliphatic rings. The van der Waals surface area contributed by atoms with E-state index in [4.69, 9.17) is 0 Å². The van der Waals surface area contributed by atoms with Gasteiger partial charge in [-0.2, -0.15) is 13.2 Å². The van der Waals surface area contributed by atoms with Crippen LogP contribution in [0, 0.1) is 0 Å². The summed E-state index contributed by atoms with van der Waals surface area (Å²) in [6.07, 6.45) is -5.13. The van der Waals surface area contributed by atoms with E-state index in [9.17, 15) is 22.0 Å². The summed E-state index contributed by atoms with van der Waals surface area (Å²) < 4.78 is 64.7. The maximum absolute atomic E-state index is 11.9. The average Bonchev–Trinajstić information content (AvgIpc) is 2.03. The van der Waals surface area contributed by atoms with Gasteiger partial charge in [-0.15, -0.1) is 0 Å². The fourth-order valence-electron chi connectivity index (χ4n) is 0.330. The molecule has 7 heteroatoms. The molecule has 0 N–H and O–H groups in total. The van der Waals surface area contributed by atoms with E-state index >= 15 is 0 Å². The smallest absolute Gasteiger partial charge is 0.352 e. The SMILES string of the molecule is FCOC(OC(F)CF)=C(F)F. The molecule has 0 heterocycles. The average molecular weight is 192 g/mol. The van der Waals surface area contributed by atoms with Crippen molar-refractivity contribution in [3.63, 3.8) is 0 Å². The van der Waals surface area contributed by atoms with Crippen LogP contribution >= 0.6 is 0 Å². The quantitative estimate of drug-likeness (QED) is 0.491. The molecule has 0 spiro atoms. The number of hydrogen-bond donors (Lipinski definition) is 0. The highest BCUT2D eigenvalue weighted by Gasteiger charge is 2.16. The Morgan fingerprint density at radius 3 is 2.17 bits per heavy atom. The number of rotatable bonds is 5. The maximum atomic E-state index is 11.9. The second-order valence-corrected chi connectivity index (χ2v) is 1.48. The molecule has 0 amide bonds. The van der Waals surface area contributed by atoms with Gasteiger partial charge in [-0.1, -0.05) is 0 Å². The third kappa shape index (κ3) is 3.99. The zero-order chi connectivity index (χ0) is 9.56. The second-order valence-electron chi connectivity index (χ2n) is 1.48. The number of alkyl halides is 3. The predicted molar refractivity (Wildman–Crippen MR) is 28.3 cm³/mol. The van der Waals surface area contributed by atoms with Gasteiger partial charge in [0.05, 0.1) is 0 Å². The first-order valence-corrected chi connectivity index (χ1v) is 2.72. The van der Waals surface area contributed by atoms with Crippen LogP contribution in [0.15, 0.2) is 12.0 Å². The monoisotopic (exact) mass is 192 g/mol. The van der Waals surface area contributed by atoms with Crippen molar-refractivity contribution in [2.24, 2.45) is 0 Å². The van der Waals surface area contributed by atoms with Crippen LogP contribution in [0.3, 0.4) is 0 Å². The summed E-state index contributed by atoms with van der Waals surface area (Å²) >= 11 is 0. The molecule has 0 aliphatic carbocycles. The number of ether oxygens (including phenoxy) is 2. The van der Waals surface area contributed by atoms with Crippen molar-refractivity contribution < 1.29 is 31.4 Å². The van der Waals surface area contributed by atoms with Crippen molar-refractivity contribution in [2.45, 2.75) is 6.36 Å². The van der Waals surface area contributed by atoms with Gasteiger partial charge in [-0.3, -0.25) is 0 Å². The molecule has 0 aliphatic heterocycles. The van der Waals surface area contributed by atoms with E-state index in [-0.39, 0.29) is 0 Å². The van der Waals surface area contributed by atoms with Crippen LogP contribution in [0.1, 0.15) is 0 Å². The lowest BCUT2D eigenvalue weighted by molar-refractivity contribution is -0.0991. The van der Waals surface area contributed by atoms with Crippen LogP contribution < -0.4 is 0 Å². The maximum Gasteiger partial charge on any atom is 0.352 e. The summed E-state index contributed by atoms with van der Waals surface area (Å²) in [4.78, 5) is 0. The molecule has 0 bridgehead atoms. The van der Waals surface area contributed by atoms with Crippen LogP contribution in [-0.2, 0) is 9.47 Å². The molecule has 2 nitrogen and oxygen atoms in total. The second kappa shape index (κ2) is 5.62. The molecule has 0 saturated heterocycles. The summed E-state index contributed by atoms with van der Waals surface area (Å²) in [7, 11) is 0. The topological polar surface area (TPSA) is 18.5 Å². The van der Waals surface area contributed by atoms with E-state index in [1.165, 1.54) is 0 Å². The summed E-state index contributed by atoms with van der Waals surface area (Å²) in [6.45, 7) is -3.22. The van der Waals surface area contributed by atoms with Crippen molar-refractivity contribution in [3.8, 4) is 0 Å². The van der Waals surface area contributed by atoms with E-state index in [0.29, 0.717) is 0 Å². The first kappa shape index (κ1) is 11.0. The Hall–Kier alpha value is -1.01. The lowest BCUT2D eigenvalue weighted by Gasteiger charge is -2.09. The van der Waals surface area contributed by atoms with Crippen LogP contribution in [0.25, 0.3) is 0 Å². The first-order valence-electron chi connectivity index (χ1n) is 2.72. The van der Waals surface area contributed by atoms with Crippen molar-refractivity contribution in [1.82, 2.24) is 0 Å². The van der Waals surface area contributed by atoms with Crippen molar-refractivity contribution in [2.75, 3.05) is 13.5 Å². The molecule has 1 atom stereocenters. The summed E-state index contributed by atoms with van der Waals surface area (Å²) in [5.74, 6) is -1.64. The van der Waals surface area contributed by atoms with E-state index in [2.05, 4.69) is 9.47 Å². The van der Waals surface area contributed by atoms with Crippen molar-refractivity contribution in [1.29, 1.82) is 0 Å². The van der Waals surface area contributed by atoms with Gasteiger partial charge in [0.15, 0.2) is 6.67 Å². The molecule has 72 valence electrons. The van der Waals surface area contributed by atoms with E-state index < -0.39 is 31.9 Å². The molecule has 12 heavy (non-hydrogen) atoms. The van der Waals surface area contributed by atoms with Crippen LogP contribution in [-0.4, -0.2) is 19.9 Å². The van der Waals surface area contributed by atoms with Gasteiger partial charge in [0.1, 0.15) is 0 Å². The highest BCUT2D eigenvalue weighted by atomic mass is 19.3. The van der Waals surface area contributed by atoms with Crippen molar-refractivity contribution >= 4 is 0 Å². The van der Waals surface area contributed by atoms with Gasteiger partial charge in [-0.25, -0.2) is 8.78 Å². The van der Waals surface area contributed by atoms with E-state index in [0.717, 1.165) is 0 Å². The minimum absolute atomic E-state index is 1.61. The van der Waals surface area contributed by atoms with E-state index in [1.807, 2.05) is 0 Å². The Morgan fingerprint density at radius 1 is 1.25 bits per heavy atom. The summed E-state index contributed by atoms with van der Waals surface area (Å²) in [6, 6.07) is 0. The van der Waals surface area contributed by atoms with E-state index in [1.54, 1.807) is 0 Å². The Labute approximate surface area is 64.6 Å². The van der Waals surface area contributed by atoms with Gasteiger partial charge in [0, 0.05) is 0 Å². The largest absolute Gasteiger partial charge is 0.430 e. The highest BCUT2D eigenvalue weighted by Crippen LogP contribution is 2.14. The lowest BCUT2D eigenvalue weighted by Crippen LogP contribution is -2.10. The number of hydrogen-bond acceptors (Lipinski definition) is 2. The Bertz CT molecular complexity index is 156. The summed E-state index contributed by atoms with van der Waals surface area (Å²) in [5, 5.41) is 0. The minimum atomic E-state index is -2.58. The molecule has 0 rings (SSSR count). The van der Waals surface area contributed by atoms with Gasteiger partial charge >= 0.3 is 12.0 Å².